The zero-order valence-corrected chi connectivity index (χ0v) is 9.23. The molecule has 0 aliphatic heterocycles. The van der Waals surface area contributed by atoms with Crippen LogP contribution in [0.5, 0.6) is 0 Å². The SMILES string of the molecule is O=C(O)c1cc(Br)n(Cc2cn[nH]c2)c1. The number of rotatable bonds is 3. The highest BCUT2D eigenvalue weighted by Crippen LogP contribution is 2.16. The first-order chi connectivity index (χ1) is 7.16. The number of hydrogen-bond acceptors (Lipinski definition) is 2. The van der Waals surface area contributed by atoms with Crippen LogP contribution in [0.25, 0.3) is 0 Å². The van der Waals surface area contributed by atoms with Gasteiger partial charge in [-0.2, -0.15) is 5.10 Å². The molecule has 0 saturated heterocycles. The van der Waals surface area contributed by atoms with Crippen LogP contribution in [-0.4, -0.2) is 25.8 Å². The highest BCUT2D eigenvalue weighted by atomic mass is 79.9. The van der Waals surface area contributed by atoms with E-state index in [-0.39, 0.29) is 5.56 Å². The van der Waals surface area contributed by atoms with Crippen LogP contribution in [0.15, 0.2) is 29.3 Å². The predicted molar refractivity (Wildman–Crippen MR) is 56.8 cm³/mol. The average molecular weight is 270 g/mol. The molecule has 2 rings (SSSR count). The van der Waals surface area contributed by atoms with E-state index in [1.165, 1.54) is 0 Å². The van der Waals surface area contributed by atoms with E-state index in [4.69, 9.17) is 5.11 Å². The summed E-state index contributed by atoms with van der Waals surface area (Å²) in [6.45, 7) is 0.588. The molecule has 0 aromatic carbocycles. The summed E-state index contributed by atoms with van der Waals surface area (Å²) in [5, 5.41) is 15.3. The van der Waals surface area contributed by atoms with E-state index in [0.717, 1.165) is 10.2 Å². The molecule has 0 aliphatic carbocycles. The predicted octanol–water partition coefficient (Wildman–Crippen LogP) is 1.72. The lowest BCUT2D eigenvalue weighted by Gasteiger charge is -2.01. The number of nitrogens with zero attached hydrogens (tertiary/aromatic N) is 2. The molecule has 0 saturated carbocycles. The minimum atomic E-state index is -0.929. The molecular formula is C9H8BrN3O2. The number of carbonyl (C=O) groups is 1. The summed E-state index contributed by atoms with van der Waals surface area (Å²) in [7, 11) is 0. The highest BCUT2D eigenvalue weighted by molar-refractivity contribution is 9.10. The van der Waals surface area contributed by atoms with E-state index >= 15 is 0 Å². The number of H-pyrrole nitrogens is 1. The zero-order valence-electron chi connectivity index (χ0n) is 7.64. The minimum Gasteiger partial charge on any atom is -0.478 e. The molecule has 0 radical (unpaired) electrons. The van der Waals surface area contributed by atoms with Crippen molar-refractivity contribution in [1.82, 2.24) is 14.8 Å². The Morgan fingerprint density at radius 3 is 3.00 bits per heavy atom. The lowest BCUT2D eigenvalue weighted by atomic mass is 10.3. The van der Waals surface area contributed by atoms with Crippen molar-refractivity contribution in [1.29, 1.82) is 0 Å². The number of aromatic carboxylic acids is 1. The molecule has 2 N–H and O–H groups in total. The molecule has 5 nitrogen and oxygen atoms in total. The summed E-state index contributed by atoms with van der Waals surface area (Å²) >= 11 is 3.30. The van der Waals surface area contributed by atoms with Gasteiger partial charge < -0.3 is 9.67 Å². The average Bonchev–Trinajstić information content (AvgIpc) is 2.77. The smallest absolute Gasteiger partial charge is 0.337 e. The highest BCUT2D eigenvalue weighted by Gasteiger charge is 2.09. The number of halogens is 1. The Labute approximate surface area is 93.9 Å². The van der Waals surface area contributed by atoms with E-state index < -0.39 is 5.97 Å². The summed E-state index contributed by atoms with van der Waals surface area (Å²) < 4.78 is 2.54. The fourth-order valence-electron chi connectivity index (χ4n) is 1.28. The Morgan fingerprint density at radius 1 is 1.67 bits per heavy atom. The van der Waals surface area contributed by atoms with Crippen molar-refractivity contribution >= 4 is 21.9 Å². The van der Waals surface area contributed by atoms with E-state index in [0.29, 0.717) is 6.54 Å². The second-order valence-electron chi connectivity index (χ2n) is 3.09. The number of carboxylic acid groups (broad SMARTS) is 1. The number of hydrogen-bond donors (Lipinski definition) is 2. The van der Waals surface area contributed by atoms with E-state index in [2.05, 4.69) is 26.1 Å². The summed E-state index contributed by atoms with van der Waals surface area (Å²) in [5.74, 6) is -0.929. The van der Waals surface area contributed by atoms with Crippen molar-refractivity contribution in [3.63, 3.8) is 0 Å². The van der Waals surface area contributed by atoms with Crippen molar-refractivity contribution in [3.8, 4) is 0 Å². The van der Waals surface area contributed by atoms with E-state index in [1.54, 1.807) is 29.2 Å². The van der Waals surface area contributed by atoms with Crippen molar-refractivity contribution in [2.24, 2.45) is 0 Å². The Morgan fingerprint density at radius 2 is 2.47 bits per heavy atom. The fourth-order valence-corrected chi connectivity index (χ4v) is 1.75. The van der Waals surface area contributed by atoms with Crippen molar-refractivity contribution in [2.75, 3.05) is 0 Å². The van der Waals surface area contributed by atoms with Gasteiger partial charge in [-0.15, -0.1) is 0 Å². The molecular weight excluding hydrogens is 262 g/mol. The van der Waals surface area contributed by atoms with Crippen LogP contribution in [0, 0.1) is 0 Å². The zero-order chi connectivity index (χ0) is 10.8. The molecule has 2 aromatic heterocycles. The largest absolute Gasteiger partial charge is 0.478 e. The van der Waals surface area contributed by atoms with E-state index in [1.807, 2.05) is 0 Å². The molecule has 15 heavy (non-hydrogen) atoms. The monoisotopic (exact) mass is 269 g/mol. The van der Waals surface area contributed by atoms with Crippen LogP contribution < -0.4 is 0 Å². The second kappa shape index (κ2) is 3.90. The first kappa shape index (κ1) is 9.97. The molecule has 2 heterocycles. The molecule has 0 atom stereocenters. The molecule has 0 amide bonds. The van der Waals surface area contributed by atoms with Gasteiger partial charge in [0.1, 0.15) is 0 Å². The Balaban J connectivity index is 2.25. The van der Waals surface area contributed by atoms with Gasteiger partial charge in [0, 0.05) is 18.0 Å². The van der Waals surface area contributed by atoms with Crippen molar-refractivity contribution in [2.45, 2.75) is 6.54 Å². The maximum absolute atomic E-state index is 10.7. The maximum atomic E-state index is 10.7. The summed E-state index contributed by atoms with van der Waals surface area (Å²) in [6.07, 6.45) is 5.05. The first-order valence-electron chi connectivity index (χ1n) is 4.23. The molecule has 0 unspecified atom stereocenters. The van der Waals surface area contributed by atoms with Gasteiger partial charge >= 0.3 is 5.97 Å². The van der Waals surface area contributed by atoms with Gasteiger partial charge in [0.2, 0.25) is 0 Å². The number of aromatic amines is 1. The summed E-state index contributed by atoms with van der Waals surface area (Å²) in [6, 6.07) is 1.57. The van der Waals surface area contributed by atoms with Gasteiger partial charge in [-0.25, -0.2) is 4.79 Å². The van der Waals surface area contributed by atoms with Crippen molar-refractivity contribution < 1.29 is 9.90 Å². The van der Waals surface area contributed by atoms with Gasteiger partial charge in [0.05, 0.1) is 22.9 Å². The molecule has 6 heteroatoms. The molecule has 2 aromatic rings. The van der Waals surface area contributed by atoms with Gasteiger partial charge in [-0.3, -0.25) is 5.10 Å². The van der Waals surface area contributed by atoms with E-state index in [9.17, 15) is 4.79 Å². The van der Waals surface area contributed by atoms with Crippen LogP contribution in [-0.2, 0) is 6.54 Å². The quantitative estimate of drug-likeness (QED) is 0.892. The van der Waals surface area contributed by atoms with Crippen molar-refractivity contribution in [3.05, 3.63) is 40.4 Å². The van der Waals surface area contributed by atoms with Crippen LogP contribution >= 0.6 is 15.9 Å². The number of carboxylic acids is 1. The minimum absolute atomic E-state index is 0.269. The van der Waals surface area contributed by atoms with Gasteiger partial charge in [0.25, 0.3) is 0 Å². The summed E-state index contributed by atoms with van der Waals surface area (Å²) in [4.78, 5) is 10.7. The van der Waals surface area contributed by atoms with Crippen LogP contribution in [0.3, 0.4) is 0 Å². The lowest BCUT2D eigenvalue weighted by Crippen LogP contribution is -1.98. The van der Waals surface area contributed by atoms with Crippen LogP contribution in [0.1, 0.15) is 15.9 Å². The third-order valence-corrected chi connectivity index (χ3v) is 2.68. The molecule has 0 fully saturated rings. The Bertz CT molecular complexity index is 476. The van der Waals surface area contributed by atoms with Gasteiger partial charge in [0.15, 0.2) is 0 Å². The normalized spacial score (nSPS) is 10.5. The number of nitrogens with one attached hydrogen (secondary N) is 1. The molecule has 0 bridgehead atoms. The molecule has 0 spiro atoms. The molecule has 0 aliphatic rings. The third kappa shape index (κ3) is 2.10. The fraction of sp³-hybridized carbons (Fsp3) is 0.111. The number of aromatic nitrogens is 3. The topological polar surface area (TPSA) is 70.9 Å². The summed E-state index contributed by atoms with van der Waals surface area (Å²) in [5.41, 5.74) is 1.26. The Kier molecular flexibility index (Phi) is 2.59. The first-order valence-corrected chi connectivity index (χ1v) is 5.03. The van der Waals surface area contributed by atoms with Gasteiger partial charge in [-0.05, 0) is 22.0 Å². The molecule has 78 valence electrons. The van der Waals surface area contributed by atoms with Crippen LogP contribution in [0.2, 0.25) is 0 Å². The maximum Gasteiger partial charge on any atom is 0.337 e. The van der Waals surface area contributed by atoms with Crippen LogP contribution in [0.4, 0.5) is 0 Å². The second-order valence-corrected chi connectivity index (χ2v) is 3.90. The third-order valence-electron chi connectivity index (χ3n) is 2.00. The standard InChI is InChI=1S/C9H8BrN3O2/c10-8-1-7(9(14)15)5-13(8)4-6-2-11-12-3-6/h1-3,5H,4H2,(H,11,12)(H,14,15). The lowest BCUT2D eigenvalue weighted by molar-refractivity contribution is 0.0697. The Hall–Kier alpha value is -1.56. The van der Waals surface area contributed by atoms with Gasteiger partial charge in [-0.1, -0.05) is 0 Å².